The summed E-state index contributed by atoms with van der Waals surface area (Å²) in [7, 11) is 1.68. The van der Waals surface area contributed by atoms with Gasteiger partial charge in [-0.05, 0) is 53.5 Å². The summed E-state index contributed by atoms with van der Waals surface area (Å²) in [5, 5.41) is 7.00. The molecule has 1 aromatic carbocycles. The van der Waals surface area contributed by atoms with Crippen molar-refractivity contribution in [2.75, 3.05) is 26.8 Å². The Morgan fingerprint density at radius 1 is 1.57 bits per heavy atom. The van der Waals surface area contributed by atoms with Crippen LogP contribution < -0.4 is 10.6 Å². The topological polar surface area (TPSA) is 50.4 Å². The number of nitrogens with one attached hydrogen (secondary N) is 2. The SMILES string of the molecule is COCC1(CNC(=O)c2ccc(Cl)cc2Br)CCCN1.Cl. The number of amides is 1. The molecule has 0 aromatic heterocycles. The molecule has 0 bridgehead atoms. The summed E-state index contributed by atoms with van der Waals surface area (Å²) in [6.07, 6.45) is 2.10. The van der Waals surface area contributed by atoms with Gasteiger partial charge in [-0.3, -0.25) is 4.79 Å². The lowest BCUT2D eigenvalue weighted by atomic mass is 9.98. The fourth-order valence-corrected chi connectivity index (χ4v) is 3.35. The second-order valence-electron chi connectivity index (χ2n) is 5.05. The fourth-order valence-electron chi connectivity index (χ4n) is 2.49. The molecule has 1 amide bonds. The summed E-state index contributed by atoms with van der Waals surface area (Å²) >= 11 is 9.24. The number of carbonyl (C=O) groups excluding carboxylic acids is 1. The average Bonchev–Trinajstić information content (AvgIpc) is 2.85. The van der Waals surface area contributed by atoms with Crippen molar-refractivity contribution in [1.82, 2.24) is 10.6 Å². The van der Waals surface area contributed by atoms with Gasteiger partial charge in [-0.2, -0.15) is 0 Å². The molecule has 1 atom stereocenters. The minimum atomic E-state index is -0.149. The van der Waals surface area contributed by atoms with Crippen molar-refractivity contribution in [1.29, 1.82) is 0 Å². The molecule has 21 heavy (non-hydrogen) atoms. The highest BCUT2D eigenvalue weighted by atomic mass is 79.9. The Morgan fingerprint density at radius 2 is 2.33 bits per heavy atom. The van der Waals surface area contributed by atoms with Gasteiger partial charge in [0.05, 0.1) is 17.7 Å². The Bertz CT molecular complexity index is 494. The lowest BCUT2D eigenvalue weighted by Crippen LogP contribution is -2.53. The zero-order valence-corrected chi connectivity index (χ0v) is 14.9. The van der Waals surface area contributed by atoms with Crippen molar-refractivity contribution in [2.24, 2.45) is 0 Å². The van der Waals surface area contributed by atoms with Gasteiger partial charge in [0.25, 0.3) is 5.91 Å². The third kappa shape index (κ3) is 4.83. The molecule has 1 heterocycles. The maximum atomic E-state index is 12.2. The fraction of sp³-hybridized carbons (Fsp3) is 0.500. The van der Waals surface area contributed by atoms with Gasteiger partial charge in [0, 0.05) is 23.1 Å². The average molecular weight is 398 g/mol. The number of methoxy groups -OCH3 is 1. The summed E-state index contributed by atoms with van der Waals surface area (Å²) in [6, 6.07) is 5.14. The predicted octanol–water partition coefficient (Wildman–Crippen LogP) is 3.02. The van der Waals surface area contributed by atoms with Crippen LogP contribution in [0.25, 0.3) is 0 Å². The Kier molecular flexibility index (Phi) is 7.44. The van der Waals surface area contributed by atoms with Crippen LogP contribution in [0.5, 0.6) is 0 Å². The standard InChI is InChI=1S/C14H18BrClN2O2.ClH/c1-20-9-14(5-2-6-18-14)8-17-13(19)11-4-3-10(16)7-12(11)15;/h3-4,7,18H,2,5-6,8-9H2,1H3,(H,17,19);1H. The van der Waals surface area contributed by atoms with Gasteiger partial charge in [0.1, 0.15) is 0 Å². The van der Waals surface area contributed by atoms with E-state index in [2.05, 4.69) is 26.6 Å². The molecular formula is C14H19BrCl2N2O2. The number of hydrogen-bond donors (Lipinski definition) is 2. The van der Waals surface area contributed by atoms with Crippen LogP contribution in [0.1, 0.15) is 23.2 Å². The second kappa shape index (κ2) is 8.34. The van der Waals surface area contributed by atoms with Crippen molar-refractivity contribution < 1.29 is 9.53 Å². The predicted molar refractivity (Wildman–Crippen MR) is 90.6 cm³/mol. The molecule has 1 saturated heterocycles. The normalized spacial score (nSPS) is 20.9. The molecule has 1 fully saturated rings. The van der Waals surface area contributed by atoms with Crippen molar-refractivity contribution >= 4 is 45.8 Å². The molecule has 2 N–H and O–H groups in total. The zero-order valence-electron chi connectivity index (χ0n) is 11.7. The lowest BCUT2D eigenvalue weighted by Gasteiger charge is -2.29. The van der Waals surface area contributed by atoms with Crippen molar-refractivity contribution in [3.05, 3.63) is 33.3 Å². The Morgan fingerprint density at radius 3 is 2.90 bits per heavy atom. The highest BCUT2D eigenvalue weighted by molar-refractivity contribution is 9.10. The van der Waals surface area contributed by atoms with Crippen LogP contribution in [0.3, 0.4) is 0 Å². The molecule has 1 aromatic rings. The number of halogens is 3. The molecule has 2 rings (SSSR count). The van der Waals surface area contributed by atoms with Gasteiger partial charge in [-0.25, -0.2) is 0 Å². The number of carbonyl (C=O) groups is 1. The van der Waals surface area contributed by atoms with Crippen LogP contribution in [0.4, 0.5) is 0 Å². The van der Waals surface area contributed by atoms with E-state index in [-0.39, 0.29) is 23.9 Å². The maximum absolute atomic E-state index is 12.2. The van der Waals surface area contributed by atoms with Crippen LogP contribution in [-0.4, -0.2) is 38.3 Å². The zero-order chi connectivity index (χ0) is 14.6. The molecule has 1 unspecified atom stereocenters. The van der Waals surface area contributed by atoms with E-state index in [9.17, 15) is 4.79 Å². The first-order valence-corrected chi connectivity index (χ1v) is 7.71. The van der Waals surface area contributed by atoms with Gasteiger partial charge in [-0.15, -0.1) is 12.4 Å². The summed E-state index contributed by atoms with van der Waals surface area (Å²) in [5.74, 6) is -0.113. The van der Waals surface area contributed by atoms with Crippen molar-refractivity contribution in [2.45, 2.75) is 18.4 Å². The lowest BCUT2D eigenvalue weighted by molar-refractivity contribution is 0.0891. The van der Waals surface area contributed by atoms with Crippen LogP contribution in [0.2, 0.25) is 5.02 Å². The van der Waals surface area contributed by atoms with E-state index < -0.39 is 0 Å². The molecule has 0 saturated carbocycles. The first-order valence-electron chi connectivity index (χ1n) is 6.53. The molecule has 7 heteroatoms. The molecular weight excluding hydrogens is 379 g/mol. The van der Waals surface area contributed by atoms with E-state index in [0.717, 1.165) is 19.4 Å². The van der Waals surface area contributed by atoms with Crippen molar-refractivity contribution in [3.8, 4) is 0 Å². The summed E-state index contributed by atoms with van der Waals surface area (Å²) < 4.78 is 5.96. The number of rotatable bonds is 5. The Balaban J connectivity index is 0.00000220. The van der Waals surface area contributed by atoms with Gasteiger partial charge >= 0.3 is 0 Å². The summed E-state index contributed by atoms with van der Waals surface area (Å²) in [5.41, 5.74) is 0.434. The molecule has 118 valence electrons. The summed E-state index contributed by atoms with van der Waals surface area (Å²) in [6.45, 7) is 2.10. The van der Waals surface area contributed by atoms with E-state index in [0.29, 0.717) is 28.2 Å². The minimum absolute atomic E-state index is 0. The van der Waals surface area contributed by atoms with E-state index >= 15 is 0 Å². The van der Waals surface area contributed by atoms with Gasteiger partial charge in [0.2, 0.25) is 0 Å². The third-order valence-corrected chi connectivity index (χ3v) is 4.41. The van der Waals surface area contributed by atoms with Crippen LogP contribution in [0, 0.1) is 0 Å². The van der Waals surface area contributed by atoms with E-state index in [4.69, 9.17) is 16.3 Å². The highest BCUT2D eigenvalue weighted by Crippen LogP contribution is 2.22. The smallest absolute Gasteiger partial charge is 0.252 e. The Hall–Kier alpha value is -0.330. The van der Waals surface area contributed by atoms with E-state index in [1.807, 2.05) is 0 Å². The first kappa shape index (κ1) is 18.7. The van der Waals surface area contributed by atoms with Crippen LogP contribution >= 0.6 is 39.9 Å². The number of benzene rings is 1. The summed E-state index contributed by atoms with van der Waals surface area (Å²) in [4.78, 5) is 12.2. The first-order chi connectivity index (χ1) is 9.56. The third-order valence-electron chi connectivity index (χ3n) is 3.52. The maximum Gasteiger partial charge on any atom is 0.252 e. The second-order valence-corrected chi connectivity index (χ2v) is 6.34. The Labute approximate surface area is 144 Å². The van der Waals surface area contributed by atoms with Crippen LogP contribution in [-0.2, 0) is 4.74 Å². The molecule has 1 aliphatic heterocycles. The van der Waals surface area contributed by atoms with Gasteiger partial charge in [-0.1, -0.05) is 11.6 Å². The molecule has 1 aliphatic rings. The number of hydrogen-bond acceptors (Lipinski definition) is 3. The number of ether oxygens (including phenoxy) is 1. The highest BCUT2D eigenvalue weighted by Gasteiger charge is 2.33. The van der Waals surface area contributed by atoms with E-state index in [1.54, 1.807) is 25.3 Å². The van der Waals surface area contributed by atoms with Crippen LogP contribution in [0.15, 0.2) is 22.7 Å². The van der Waals surface area contributed by atoms with Gasteiger partial charge in [0.15, 0.2) is 0 Å². The van der Waals surface area contributed by atoms with E-state index in [1.165, 1.54) is 0 Å². The van der Waals surface area contributed by atoms with Crippen molar-refractivity contribution in [3.63, 3.8) is 0 Å². The quantitative estimate of drug-likeness (QED) is 0.802. The molecule has 0 aliphatic carbocycles. The molecule has 0 spiro atoms. The molecule has 0 radical (unpaired) electrons. The monoisotopic (exact) mass is 396 g/mol. The van der Waals surface area contributed by atoms with Gasteiger partial charge < -0.3 is 15.4 Å². The minimum Gasteiger partial charge on any atom is -0.383 e. The largest absolute Gasteiger partial charge is 0.383 e. The molecule has 4 nitrogen and oxygen atoms in total.